The molecule has 1 unspecified atom stereocenters. The second kappa shape index (κ2) is 7.07. The van der Waals surface area contributed by atoms with E-state index in [-0.39, 0.29) is 24.3 Å². The Morgan fingerprint density at radius 1 is 1.08 bits per heavy atom. The fourth-order valence-corrected chi connectivity index (χ4v) is 2.69. The lowest BCUT2D eigenvalue weighted by molar-refractivity contribution is -0.120. The van der Waals surface area contributed by atoms with E-state index in [1.807, 2.05) is 18.2 Å². The molecule has 0 bridgehead atoms. The number of anilines is 1. The van der Waals surface area contributed by atoms with Gasteiger partial charge in [-0.2, -0.15) is 0 Å². The predicted octanol–water partition coefficient (Wildman–Crippen LogP) is 2.82. The summed E-state index contributed by atoms with van der Waals surface area (Å²) in [5.74, 6) is -0.534. The molecule has 25 heavy (non-hydrogen) atoms. The molecule has 2 aromatic rings. The molecule has 1 saturated carbocycles. The van der Waals surface area contributed by atoms with Crippen LogP contribution in [-0.4, -0.2) is 23.0 Å². The van der Waals surface area contributed by atoms with E-state index >= 15 is 0 Å². The summed E-state index contributed by atoms with van der Waals surface area (Å²) in [6.45, 7) is 1.60. The number of aliphatic hydroxyl groups is 1. The molecule has 0 saturated heterocycles. The Hall–Kier alpha value is -2.66. The van der Waals surface area contributed by atoms with Gasteiger partial charge in [0.15, 0.2) is 0 Å². The minimum absolute atomic E-state index is 0.102. The first-order valence-electron chi connectivity index (χ1n) is 8.43. The first-order valence-corrected chi connectivity index (χ1v) is 8.43. The Morgan fingerprint density at radius 2 is 1.72 bits per heavy atom. The second-order valence-electron chi connectivity index (χ2n) is 6.66. The van der Waals surface area contributed by atoms with Gasteiger partial charge in [0.2, 0.25) is 5.91 Å². The van der Waals surface area contributed by atoms with Crippen LogP contribution < -0.4 is 10.6 Å². The number of hydrogen-bond donors (Lipinski definition) is 3. The van der Waals surface area contributed by atoms with Crippen molar-refractivity contribution in [1.82, 2.24) is 5.32 Å². The SMILES string of the molecule is CC(O)(CC(=O)Nc1ccccc1C(=O)NC1CC1)c1ccccc1. The number of nitrogens with one attached hydrogen (secondary N) is 2. The molecule has 5 heteroatoms. The molecule has 3 rings (SSSR count). The third-order valence-corrected chi connectivity index (χ3v) is 4.26. The molecule has 0 aliphatic heterocycles. The average Bonchev–Trinajstić information content (AvgIpc) is 3.39. The van der Waals surface area contributed by atoms with Crippen molar-refractivity contribution in [2.45, 2.75) is 37.8 Å². The molecule has 3 N–H and O–H groups in total. The Labute approximate surface area is 147 Å². The summed E-state index contributed by atoms with van der Waals surface area (Å²) in [7, 11) is 0. The smallest absolute Gasteiger partial charge is 0.253 e. The van der Waals surface area contributed by atoms with E-state index in [9.17, 15) is 14.7 Å². The monoisotopic (exact) mass is 338 g/mol. The number of para-hydroxylation sites is 1. The summed E-state index contributed by atoms with van der Waals surface area (Å²) in [5.41, 5.74) is 0.276. The lowest BCUT2D eigenvalue weighted by Gasteiger charge is -2.23. The van der Waals surface area contributed by atoms with Gasteiger partial charge in [0, 0.05) is 6.04 Å². The van der Waals surface area contributed by atoms with Crippen molar-refractivity contribution in [1.29, 1.82) is 0 Å². The van der Waals surface area contributed by atoms with Gasteiger partial charge in [-0.1, -0.05) is 42.5 Å². The van der Waals surface area contributed by atoms with Gasteiger partial charge in [0.1, 0.15) is 0 Å². The summed E-state index contributed by atoms with van der Waals surface area (Å²) in [4.78, 5) is 24.7. The zero-order valence-electron chi connectivity index (χ0n) is 14.2. The van der Waals surface area contributed by atoms with Gasteiger partial charge in [-0.05, 0) is 37.5 Å². The fourth-order valence-electron chi connectivity index (χ4n) is 2.69. The van der Waals surface area contributed by atoms with Gasteiger partial charge in [-0.25, -0.2) is 0 Å². The van der Waals surface area contributed by atoms with Crippen molar-refractivity contribution in [3.63, 3.8) is 0 Å². The number of carbonyl (C=O) groups excluding carboxylic acids is 2. The van der Waals surface area contributed by atoms with E-state index in [4.69, 9.17) is 0 Å². The van der Waals surface area contributed by atoms with Gasteiger partial charge in [-0.3, -0.25) is 9.59 Å². The van der Waals surface area contributed by atoms with E-state index in [1.54, 1.807) is 43.3 Å². The van der Waals surface area contributed by atoms with Crippen LogP contribution in [0.3, 0.4) is 0 Å². The number of rotatable bonds is 6. The van der Waals surface area contributed by atoms with Gasteiger partial charge < -0.3 is 15.7 Å². The van der Waals surface area contributed by atoms with Crippen LogP contribution in [0.5, 0.6) is 0 Å². The van der Waals surface area contributed by atoms with Crippen LogP contribution in [-0.2, 0) is 10.4 Å². The highest BCUT2D eigenvalue weighted by Crippen LogP contribution is 2.26. The van der Waals surface area contributed by atoms with Crippen molar-refractivity contribution in [3.05, 3.63) is 65.7 Å². The number of hydrogen-bond acceptors (Lipinski definition) is 3. The third kappa shape index (κ3) is 4.45. The molecule has 130 valence electrons. The van der Waals surface area contributed by atoms with Crippen LogP contribution in [0.2, 0.25) is 0 Å². The van der Waals surface area contributed by atoms with Crippen LogP contribution >= 0.6 is 0 Å². The van der Waals surface area contributed by atoms with E-state index in [2.05, 4.69) is 10.6 Å². The lowest BCUT2D eigenvalue weighted by Crippen LogP contribution is -2.30. The second-order valence-corrected chi connectivity index (χ2v) is 6.66. The molecule has 2 amide bonds. The Morgan fingerprint density at radius 3 is 2.40 bits per heavy atom. The quantitative estimate of drug-likeness (QED) is 0.758. The first-order chi connectivity index (χ1) is 12.0. The largest absolute Gasteiger partial charge is 0.385 e. The van der Waals surface area contributed by atoms with Gasteiger partial charge in [-0.15, -0.1) is 0 Å². The van der Waals surface area contributed by atoms with Crippen molar-refractivity contribution in [2.75, 3.05) is 5.32 Å². The van der Waals surface area contributed by atoms with E-state index in [1.165, 1.54) is 0 Å². The van der Waals surface area contributed by atoms with Crippen molar-refractivity contribution in [2.24, 2.45) is 0 Å². The van der Waals surface area contributed by atoms with Crippen LogP contribution in [0.15, 0.2) is 54.6 Å². The average molecular weight is 338 g/mol. The first kappa shape index (κ1) is 17.2. The zero-order chi connectivity index (χ0) is 17.9. The maximum atomic E-state index is 12.4. The van der Waals surface area contributed by atoms with Crippen LogP contribution in [0.1, 0.15) is 42.1 Å². The van der Waals surface area contributed by atoms with Crippen molar-refractivity contribution < 1.29 is 14.7 Å². The maximum absolute atomic E-state index is 12.4. The molecule has 0 aromatic heterocycles. The summed E-state index contributed by atoms with van der Waals surface area (Å²) >= 11 is 0. The van der Waals surface area contributed by atoms with Gasteiger partial charge in [0.05, 0.1) is 23.3 Å². The van der Waals surface area contributed by atoms with Crippen LogP contribution in [0.25, 0.3) is 0 Å². The molecule has 0 heterocycles. The predicted molar refractivity (Wildman–Crippen MR) is 96.2 cm³/mol. The lowest BCUT2D eigenvalue weighted by atomic mass is 9.92. The molecule has 1 atom stereocenters. The van der Waals surface area contributed by atoms with Gasteiger partial charge in [0.25, 0.3) is 5.91 Å². The van der Waals surface area contributed by atoms with Crippen molar-refractivity contribution >= 4 is 17.5 Å². The molecule has 1 aliphatic rings. The van der Waals surface area contributed by atoms with Crippen LogP contribution in [0.4, 0.5) is 5.69 Å². The van der Waals surface area contributed by atoms with Crippen LogP contribution in [0, 0.1) is 0 Å². The summed E-state index contributed by atoms with van der Waals surface area (Å²) in [6.07, 6.45) is 1.90. The summed E-state index contributed by atoms with van der Waals surface area (Å²) in [5, 5.41) is 16.3. The minimum Gasteiger partial charge on any atom is -0.385 e. The maximum Gasteiger partial charge on any atom is 0.253 e. The molecular formula is C20H22N2O3. The number of carbonyl (C=O) groups is 2. The fraction of sp³-hybridized carbons (Fsp3) is 0.300. The van der Waals surface area contributed by atoms with E-state index in [0.717, 1.165) is 12.8 Å². The Kier molecular flexibility index (Phi) is 4.86. The summed E-state index contributed by atoms with van der Waals surface area (Å²) in [6, 6.07) is 16.2. The zero-order valence-corrected chi connectivity index (χ0v) is 14.2. The highest BCUT2D eigenvalue weighted by Gasteiger charge is 2.28. The van der Waals surface area contributed by atoms with Crippen molar-refractivity contribution in [3.8, 4) is 0 Å². The number of benzene rings is 2. The highest BCUT2D eigenvalue weighted by atomic mass is 16.3. The topological polar surface area (TPSA) is 78.4 Å². The molecule has 2 aromatic carbocycles. The number of amides is 2. The minimum atomic E-state index is -1.28. The summed E-state index contributed by atoms with van der Waals surface area (Å²) < 4.78 is 0. The molecular weight excluding hydrogens is 316 g/mol. The van der Waals surface area contributed by atoms with E-state index in [0.29, 0.717) is 16.8 Å². The standard InChI is InChI=1S/C20H22N2O3/c1-20(25,14-7-3-2-4-8-14)13-18(23)22-17-10-6-5-9-16(17)19(24)21-15-11-12-15/h2-10,15,25H,11-13H2,1H3,(H,21,24)(H,22,23). The third-order valence-electron chi connectivity index (χ3n) is 4.26. The molecule has 1 aliphatic carbocycles. The van der Waals surface area contributed by atoms with Gasteiger partial charge >= 0.3 is 0 Å². The molecule has 5 nitrogen and oxygen atoms in total. The normalized spacial score (nSPS) is 15.9. The molecule has 0 radical (unpaired) electrons. The highest BCUT2D eigenvalue weighted by molar-refractivity contribution is 6.04. The Bertz CT molecular complexity index is 768. The Balaban J connectivity index is 1.69. The molecule has 1 fully saturated rings. The van der Waals surface area contributed by atoms with E-state index < -0.39 is 5.60 Å². The molecule has 0 spiro atoms.